The predicted molar refractivity (Wildman–Crippen MR) is 138 cm³/mol. The Kier molecular flexibility index (Phi) is 6.23. The summed E-state index contributed by atoms with van der Waals surface area (Å²) in [7, 11) is 0. The van der Waals surface area contributed by atoms with Crippen LogP contribution in [0.15, 0.2) is 36.5 Å². The minimum Gasteiger partial charge on any atom is -0.393 e. The van der Waals surface area contributed by atoms with Crippen LogP contribution in [0, 0.1) is 5.92 Å². The molecule has 198 valence electrons. The summed E-state index contributed by atoms with van der Waals surface area (Å²) in [6.07, 6.45) is 6.72. The lowest BCUT2D eigenvalue weighted by Gasteiger charge is -2.36. The zero-order chi connectivity index (χ0) is 25.8. The maximum Gasteiger partial charge on any atom is 0.255 e. The van der Waals surface area contributed by atoms with E-state index in [0.717, 1.165) is 43.5 Å². The second-order valence-corrected chi connectivity index (χ2v) is 11.8. The van der Waals surface area contributed by atoms with Crippen LogP contribution in [0.1, 0.15) is 73.7 Å². The summed E-state index contributed by atoms with van der Waals surface area (Å²) >= 11 is 0. The van der Waals surface area contributed by atoms with Crippen molar-refractivity contribution in [1.29, 1.82) is 0 Å². The van der Waals surface area contributed by atoms with Gasteiger partial charge in [-0.2, -0.15) is 0 Å². The Morgan fingerprint density at radius 3 is 2.46 bits per heavy atom. The number of piperidine rings is 1. The molecule has 3 saturated carbocycles. The van der Waals surface area contributed by atoms with Crippen molar-refractivity contribution in [3.63, 3.8) is 0 Å². The van der Waals surface area contributed by atoms with Gasteiger partial charge < -0.3 is 16.2 Å². The van der Waals surface area contributed by atoms with Crippen LogP contribution in [-0.2, 0) is 5.41 Å². The van der Waals surface area contributed by atoms with Gasteiger partial charge in [0.15, 0.2) is 0 Å². The van der Waals surface area contributed by atoms with Gasteiger partial charge in [-0.1, -0.05) is 24.3 Å². The molecule has 4 N–H and O–H groups in total. The van der Waals surface area contributed by atoms with Crippen LogP contribution in [-0.4, -0.2) is 58.1 Å². The number of nitrogens with zero attached hydrogens (tertiary/aromatic N) is 2. The van der Waals surface area contributed by atoms with Crippen molar-refractivity contribution in [3.8, 4) is 11.1 Å². The Morgan fingerprint density at radius 2 is 1.76 bits per heavy atom. The minimum atomic E-state index is -2.48. The molecule has 2 heterocycles. The van der Waals surface area contributed by atoms with Crippen molar-refractivity contribution in [3.05, 3.63) is 47.7 Å². The summed E-state index contributed by atoms with van der Waals surface area (Å²) < 4.78 is 27.2. The quantitative estimate of drug-likeness (QED) is 0.550. The van der Waals surface area contributed by atoms with Crippen molar-refractivity contribution >= 4 is 11.7 Å². The first-order chi connectivity index (χ1) is 17.7. The number of hydrogen-bond acceptors (Lipinski definition) is 5. The van der Waals surface area contributed by atoms with Gasteiger partial charge in [0.05, 0.1) is 11.7 Å². The summed E-state index contributed by atoms with van der Waals surface area (Å²) in [5.41, 5.74) is 9.70. The van der Waals surface area contributed by atoms with E-state index in [4.69, 9.17) is 5.73 Å². The van der Waals surface area contributed by atoms with Gasteiger partial charge in [0, 0.05) is 55.2 Å². The number of carbonyl (C=O) groups is 1. The highest BCUT2D eigenvalue weighted by Crippen LogP contribution is 2.60. The number of amides is 1. The Balaban J connectivity index is 1.13. The smallest absolute Gasteiger partial charge is 0.255 e. The maximum absolute atomic E-state index is 13.6. The molecular formula is C29H36F2N4O2. The molecule has 37 heavy (non-hydrogen) atoms. The van der Waals surface area contributed by atoms with Crippen molar-refractivity contribution in [2.24, 2.45) is 5.92 Å². The van der Waals surface area contributed by atoms with Gasteiger partial charge in [0.2, 0.25) is 5.92 Å². The molecule has 4 fully saturated rings. The van der Waals surface area contributed by atoms with E-state index >= 15 is 0 Å². The van der Waals surface area contributed by atoms with Crippen LogP contribution in [0.3, 0.4) is 0 Å². The monoisotopic (exact) mass is 510 g/mol. The lowest BCUT2D eigenvalue weighted by atomic mass is 9.90. The summed E-state index contributed by atoms with van der Waals surface area (Å²) in [5, 5.41) is 12.8. The van der Waals surface area contributed by atoms with Gasteiger partial charge in [-0.05, 0) is 68.1 Å². The fraction of sp³-hybridized carbons (Fsp3) is 0.586. The number of benzene rings is 1. The molecule has 0 unspecified atom stereocenters. The number of halogens is 2. The van der Waals surface area contributed by atoms with E-state index in [9.17, 15) is 18.7 Å². The normalized spacial score (nSPS) is 31.6. The highest BCUT2D eigenvalue weighted by atomic mass is 19.3. The molecule has 4 aliphatic rings. The zero-order valence-electron chi connectivity index (χ0n) is 21.1. The van der Waals surface area contributed by atoms with Crippen molar-refractivity contribution in [1.82, 2.24) is 15.2 Å². The van der Waals surface area contributed by atoms with Crippen LogP contribution in [0.4, 0.5) is 14.6 Å². The minimum absolute atomic E-state index is 0.0138. The molecule has 0 bridgehead atoms. The van der Waals surface area contributed by atoms with Crippen molar-refractivity contribution in [2.75, 3.05) is 18.8 Å². The van der Waals surface area contributed by atoms with E-state index in [1.54, 1.807) is 12.3 Å². The maximum atomic E-state index is 13.6. The highest BCUT2D eigenvalue weighted by molar-refractivity contribution is 5.99. The van der Waals surface area contributed by atoms with Crippen LogP contribution < -0.4 is 11.1 Å². The number of pyridine rings is 1. The van der Waals surface area contributed by atoms with Gasteiger partial charge in [-0.25, -0.2) is 13.8 Å². The van der Waals surface area contributed by atoms with E-state index in [2.05, 4.69) is 39.5 Å². The molecule has 8 heteroatoms. The molecule has 1 aromatic carbocycles. The number of aromatic nitrogens is 1. The van der Waals surface area contributed by atoms with Gasteiger partial charge in [0.1, 0.15) is 5.82 Å². The number of aliphatic hydroxyl groups is 1. The Morgan fingerprint density at radius 1 is 1.05 bits per heavy atom. The van der Waals surface area contributed by atoms with Crippen LogP contribution in [0.25, 0.3) is 11.1 Å². The molecular weight excluding hydrogens is 474 g/mol. The number of aliphatic hydroxyl groups excluding tert-OH is 1. The summed E-state index contributed by atoms with van der Waals surface area (Å²) in [6, 6.07) is 10.7. The lowest BCUT2D eigenvalue weighted by Crippen LogP contribution is -2.41. The second-order valence-electron chi connectivity index (χ2n) is 11.8. The fourth-order valence-electron chi connectivity index (χ4n) is 6.93. The average molecular weight is 511 g/mol. The number of rotatable bonds is 5. The first kappa shape index (κ1) is 24.7. The molecule has 3 aliphatic carbocycles. The van der Waals surface area contributed by atoms with Gasteiger partial charge in [0.25, 0.3) is 5.91 Å². The molecule has 0 radical (unpaired) electrons. The largest absolute Gasteiger partial charge is 0.393 e. The lowest BCUT2D eigenvalue weighted by molar-refractivity contribution is -0.0526. The molecule has 6 nitrogen and oxygen atoms in total. The molecule has 1 aromatic heterocycles. The third-order valence-electron chi connectivity index (χ3n) is 9.36. The molecule has 2 aromatic rings. The molecule has 1 aliphatic heterocycles. The van der Waals surface area contributed by atoms with Crippen LogP contribution in [0.2, 0.25) is 0 Å². The third-order valence-corrected chi connectivity index (χ3v) is 9.36. The standard InChI is InChI=1S/C29H36F2N4O2/c30-29(31)11-9-23(10-12-29)35-16-21-14-28(21,17-35)20-3-1-18(2-4-20)19-13-25(26(32)33-15-19)27(37)34-22-5-7-24(36)8-6-22/h1-4,13,15,21-24,36H,5-12,14,16-17H2,(H2,32,33)(H,34,37)/t21-,22-,24-,28+/m0/s1. The number of anilines is 1. The molecule has 2 atom stereocenters. The van der Waals surface area contributed by atoms with E-state index in [0.29, 0.717) is 37.2 Å². The van der Waals surface area contributed by atoms with Crippen LogP contribution in [0.5, 0.6) is 0 Å². The van der Waals surface area contributed by atoms with Gasteiger partial charge in [-0.3, -0.25) is 9.69 Å². The van der Waals surface area contributed by atoms with Gasteiger partial charge >= 0.3 is 0 Å². The topological polar surface area (TPSA) is 91.5 Å². The number of nitrogens with one attached hydrogen (secondary N) is 1. The first-order valence-electron chi connectivity index (χ1n) is 13.7. The Labute approximate surface area is 216 Å². The Hall–Kier alpha value is -2.58. The summed E-state index contributed by atoms with van der Waals surface area (Å²) in [4.78, 5) is 19.7. The molecule has 0 spiro atoms. The third kappa shape index (κ3) is 4.86. The average Bonchev–Trinajstić information content (AvgIpc) is 3.46. The number of fused-ring (bicyclic) bond motifs is 1. The number of alkyl halides is 2. The van der Waals surface area contributed by atoms with E-state index < -0.39 is 5.92 Å². The second kappa shape index (κ2) is 9.31. The van der Waals surface area contributed by atoms with Crippen LogP contribution >= 0.6 is 0 Å². The van der Waals surface area contributed by atoms with Crippen molar-refractivity contribution < 1.29 is 18.7 Å². The number of carbonyl (C=O) groups excluding carboxylic acids is 1. The summed E-state index contributed by atoms with van der Waals surface area (Å²) in [6.45, 7) is 1.97. The SMILES string of the molecule is Nc1ncc(-c2ccc([C@]34C[C@H]3CN(C3CCC(F)(F)CC3)C4)cc2)cc1C(=O)N[C@H]1CC[C@H](O)CC1. The van der Waals surface area contributed by atoms with Gasteiger partial charge in [-0.15, -0.1) is 0 Å². The Bertz CT molecular complexity index is 1150. The zero-order valence-corrected chi connectivity index (χ0v) is 21.1. The van der Waals surface area contributed by atoms with Crippen molar-refractivity contribution in [2.45, 2.75) is 87.3 Å². The fourth-order valence-corrected chi connectivity index (χ4v) is 6.93. The van der Waals surface area contributed by atoms with E-state index in [1.807, 2.05) is 0 Å². The molecule has 1 saturated heterocycles. The predicted octanol–water partition coefficient (Wildman–Crippen LogP) is 4.52. The summed E-state index contributed by atoms with van der Waals surface area (Å²) in [5.74, 6) is -1.89. The number of nitrogens with two attached hydrogens (primary N) is 1. The van der Waals surface area contributed by atoms with E-state index in [-0.39, 0.29) is 48.2 Å². The van der Waals surface area contributed by atoms with E-state index in [1.165, 1.54) is 5.56 Å². The highest BCUT2D eigenvalue weighted by Gasteiger charge is 2.61. The number of nitrogen functional groups attached to an aromatic ring is 1. The first-order valence-corrected chi connectivity index (χ1v) is 13.7. The molecule has 6 rings (SSSR count). The molecule has 1 amide bonds. The number of likely N-dealkylation sites (tertiary alicyclic amines) is 1. The number of hydrogen-bond donors (Lipinski definition) is 3.